The van der Waals surface area contributed by atoms with E-state index in [2.05, 4.69) is 40.1 Å². The lowest BCUT2D eigenvalue weighted by Gasteiger charge is -2.14. The van der Waals surface area contributed by atoms with Gasteiger partial charge < -0.3 is 26.4 Å². The number of hydrogen-bond acceptors (Lipinski definition) is 6. The Morgan fingerprint density at radius 2 is 1.87 bits per heavy atom. The van der Waals surface area contributed by atoms with E-state index in [4.69, 9.17) is 0 Å². The van der Waals surface area contributed by atoms with Gasteiger partial charge in [-0.3, -0.25) is 4.79 Å². The molecule has 0 aliphatic carbocycles. The predicted octanol–water partition coefficient (Wildman–Crippen LogP) is 4.89. The van der Waals surface area contributed by atoms with Crippen LogP contribution in [-0.4, -0.2) is 22.5 Å². The van der Waals surface area contributed by atoms with Gasteiger partial charge in [0.25, 0.3) is 5.91 Å². The molecule has 2 heterocycles. The highest BCUT2D eigenvalue weighted by atomic mass is 16.3. The maximum Gasteiger partial charge on any atom is 0.261 e. The molecule has 0 atom stereocenters. The number of amides is 1. The third-order valence-electron chi connectivity index (χ3n) is 5.14. The zero-order valence-electron chi connectivity index (χ0n) is 17.9. The molecule has 0 fully saturated rings. The number of anilines is 5. The minimum Gasteiger partial charge on any atom is -0.508 e. The summed E-state index contributed by atoms with van der Waals surface area (Å²) in [5.41, 5.74) is 5.29. The van der Waals surface area contributed by atoms with Crippen molar-refractivity contribution in [3.05, 3.63) is 65.4 Å². The van der Waals surface area contributed by atoms with E-state index in [1.54, 1.807) is 24.4 Å². The van der Waals surface area contributed by atoms with Crippen LogP contribution in [0.4, 0.5) is 28.6 Å². The Morgan fingerprint density at radius 3 is 2.68 bits per heavy atom. The molecule has 160 valence electrons. The van der Waals surface area contributed by atoms with Crippen LogP contribution >= 0.6 is 0 Å². The first-order valence-corrected chi connectivity index (χ1v) is 10.4. The van der Waals surface area contributed by atoms with Crippen molar-refractivity contribution in [2.24, 2.45) is 5.92 Å². The molecule has 1 aliphatic heterocycles. The quantitative estimate of drug-likeness (QED) is 0.392. The summed E-state index contributed by atoms with van der Waals surface area (Å²) in [6.45, 7) is 7.94. The highest BCUT2D eigenvalue weighted by Crippen LogP contribution is 2.36. The highest BCUT2D eigenvalue weighted by Gasteiger charge is 2.24. The number of hydrogen-bond donors (Lipinski definition) is 5. The van der Waals surface area contributed by atoms with Crippen molar-refractivity contribution in [3.8, 4) is 5.75 Å². The molecule has 3 aromatic rings. The fraction of sp³-hybridized carbons (Fsp3) is 0.250. The zero-order chi connectivity index (χ0) is 22.0. The van der Waals surface area contributed by atoms with E-state index in [0.29, 0.717) is 28.7 Å². The van der Waals surface area contributed by atoms with Crippen molar-refractivity contribution < 1.29 is 9.90 Å². The number of rotatable bonds is 6. The van der Waals surface area contributed by atoms with Gasteiger partial charge in [0, 0.05) is 24.5 Å². The van der Waals surface area contributed by atoms with E-state index in [1.165, 1.54) is 0 Å². The second kappa shape index (κ2) is 8.65. The average molecular weight is 418 g/mol. The van der Waals surface area contributed by atoms with Gasteiger partial charge in [-0.2, -0.15) is 0 Å². The average Bonchev–Trinajstić information content (AvgIpc) is 2.86. The molecule has 4 rings (SSSR count). The van der Waals surface area contributed by atoms with Gasteiger partial charge in [0.15, 0.2) is 0 Å². The molecule has 0 unspecified atom stereocenters. The van der Waals surface area contributed by atoms with E-state index in [0.717, 1.165) is 35.6 Å². The molecule has 0 saturated heterocycles. The van der Waals surface area contributed by atoms with Gasteiger partial charge in [0.05, 0.1) is 17.1 Å². The van der Waals surface area contributed by atoms with Crippen LogP contribution in [0.15, 0.2) is 48.7 Å². The van der Waals surface area contributed by atoms with Gasteiger partial charge in [-0.1, -0.05) is 26.0 Å². The van der Waals surface area contributed by atoms with Crippen molar-refractivity contribution in [1.29, 1.82) is 0 Å². The van der Waals surface area contributed by atoms with Crippen LogP contribution in [0.5, 0.6) is 5.75 Å². The SMILES string of the molecule is Cc1ccc(O)cc1Nc1ccnc2c1C(=O)Nc1cc(CNCC(C)C)ccc1N2. The second-order valence-electron chi connectivity index (χ2n) is 8.19. The number of nitrogens with zero attached hydrogens (tertiary/aromatic N) is 1. The minimum absolute atomic E-state index is 0.154. The second-order valence-corrected chi connectivity index (χ2v) is 8.19. The van der Waals surface area contributed by atoms with Crippen molar-refractivity contribution >= 4 is 34.5 Å². The molecule has 7 heteroatoms. The normalized spacial score (nSPS) is 12.5. The van der Waals surface area contributed by atoms with Crippen LogP contribution in [-0.2, 0) is 6.54 Å². The molecule has 31 heavy (non-hydrogen) atoms. The van der Waals surface area contributed by atoms with E-state index in [-0.39, 0.29) is 11.7 Å². The molecule has 1 aromatic heterocycles. The molecule has 1 aliphatic rings. The number of aromatic hydroxyl groups is 1. The smallest absolute Gasteiger partial charge is 0.261 e. The van der Waals surface area contributed by atoms with E-state index in [1.807, 2.05) is 31.2 Å². The molecule has 0 bridgehead atoms. The van der Waals surface area contributed by atoms with E-state index in [9.17, 15) is 9.90 Å². The summed E-state index contributed by atoms with van der Waals surface area (Å²) >= 11 is 0. The van der Waals surface area contributed by atoms with Gasteiger partial charge in [0.1, 0.15) is 17.1 Å². The summed E-state index contributed by atoms with van der Waals surface area (Å²) in [7, 11) is 0. The number of benzene rings is 2. The molecule has 0 saturated carbocycles. The van der Waals surface area contributed by atoms with Gasteiger partial charge >= 0.3 is 0 Å². The summed E-state index contributed by atoms with van der Waals surface area (Å²) in [6.07, 6.45) is 1.65. The predicted molar refractivity (Wildman–Crippen MR) is 125 cm³/mol. The minimum atomic E-state index is -0.248. The highest BCUT2D eigenvalue weighted by molar-refractivity contribution is 6.15. The first kappa shape index (κ1) is 20.7. The van der Waals surface area contributed by atoms with Crippen LogP contribution in [0.2, 0.25) is 0 Å². The van der Waals surface area contributed by atoms with Crippen LogP contribution in [0.25, 0.3) is 0 Å². The summed E-state index contributed by atoms with van der Waals surface area (Å²) < 4.78 is 0. The van der Waals surface area contributed by atoms with Crippen LogP contribution in [0.3, 0.4) is 0 Å². The lowest BCUT2D eigenvalue weighted by Crippen LogP contribution is -2.19. The Hall–Kier alpha value is -3.58. The lowest BCUT2D eigenvalue weighted by atomic mass is 10.1. The molecule has 7 nitrogen and oxygen atoms in total. The molecule has 5 N–H and O–H groups in total. The van der Waals surface area contributed by atoms with Gasteiger partial charge in [-0.05, 0) is 54.8 Å². The fourth-order valence-electron chi connectivity index (χ4n) is 3.51. The Morgan fingerprint density at radius 1 is 1.03 bits per heavy atom. The monoisotopic (exact) mass is 417 g/mol. The Balaban J connectivity index is 1.62. The van der Waals surface area contributed by atoms with Crippen molar-refractivity contribution in [1.82, 2.24) is 10.3 Å². The number of aryl methyl sites for hydroxylation is 1. The molecular formula is C24H27N5O2. The summed E-state index contributed by atoms with van der Waals surface area (Å²) in [4.78, 5) is 17.5. The number of phenols is 1. The summed E-state index contributed by atoms with van der Waals surface area (Å²) in [6, 6.07) is 12.8. The van der Waals surface area contributed by atoms with Gasteiger partial charge in [-0.25, -0.2) is 4.98 Å². The molecule has 2 aromatic carbocycles. The molecule has 0 radical (unpaired) electrons. The number of fused-ring (bicyclic) bond motifs is 2. The van der Waals surface area contributed by atoms with Crippen molar-refractivity contribution in [3.63, 3.8) is 0 Å². The molecular weight excluding hydrogens is 390 g/mol. The third-order valence-corrected chi connectivity index (χ3v) is 5.14. The Bertz CT molecular complexity index is 1130. The van der Waals surface area contributed by atoms with Crippen LogP contribution in [0.1, 0.15) is 35.3 Å². The summed E-state index contributed by atoms with van der Waals surface area (Å²) in [5, 5.41) is 22.8. The standard InChI is InChI=1S/C24H27N5O2/c1-14(2)12-25-13-16-5-7-18-21(10-16)29-24(31)22-19(8-9-26-23(22)28-18)27-20-11-17(30)6-4-15(20)3/h4-11,14,25,30H,12-13H2,1-3H3,(H,29,31)(H2,26,27,28). The zero-order valence-corrected chi connectivity index (χ0v) is 17.9. The maximum atomic E-state index is 13.1. The van der Waals surface area contributed by atoms with E-state index < -0.39 is 0 Å². The Kier molecular flexibility index (Phi) is 5.77. The third kappa shape index (κ3) is 4.62. The number of phenolic OH excluding ortho intramolecular Hbond substituents is 1. The largest absolute Gasteiger partial charge is 0.508 e. The molecule has 1 amide bonds. The lowest BCUT2D eigenvalue weighted by molar-refractivity contribution is 0.102. The first-order valence-electron chi connectivity index (χ1n) is 10.4. The number of nitrogens with one attached hydrogen (secondary N) is 4. The number of carbonyl (C=O) groups is 1. The van der Waals surface area contributed by atoms with Gasteiger partial charge in [-0.15, -0.1) is 0 Å². The van der Waals surface area contributed by atoms with Gasteiger partial charge in [0.2, 0.25) is 0 Å². The number of aromatic nitrogens is 1. The van der Waals surface area contributed by atoms with Crippen molar-refractivity contribution in [2.75, 3.05) is 22.5 Å². The maximum absolute atomic E-state index is 13.1. The first-order chi connectivity index (χ1) is 14.9. The number of pyridine rings is 1. The topological polar surface area (TPSA) is 98.3 Å². The Labute approximate surface area is 181 Å². The molecule has 0 spiro atoms. The van der Waals surface area contributed by atoms with Crippen LogP contribution < -0.4 is 21.3 Å². The van der Waals surface area contributed by atoms with Crippen LogP contribution in [0, 0.1) is 12.8 Å². The van der Waals surface area contributed by atoms with E-state index >= 15 is 0 Å². The fourth-order valence-corrected chi connectivity index (χ4v) is 3.51. The summed E-state index contributed by atoms with van der Waals surface area (Å²) in [5.74, 6) is 0.956. The van der Waals surface area contributed by atoms with Crippen molar-refractivity contribution in [2.45, 2.75) is 27.3 Å². The number of carbonyl (C=O) groups excluding carboxylic acids is 1.